The molecule has 0 amide bonds. The summed E-state index contributed by atoms with van der Waals surface area (Å²) in [4.78, 5) is 10.3. The van der Waals surface area contributed by atoms with Gasteiger partial charge in [0.25, 0.3) is 5.69 Å². The number of ether oxygens (including phenoxy) is 1. The van der Waals surface area contributed by atoms with Gasteiger partial charge in [-0.1, -0.05) is 6.07 Å². The molecule has 0 saturated carbocycles. The van der Waals surface area contributed by atoms with Crippen LogP contribution in [0.1, 0.15) is 5.56 Å². The molecule has 2 aromatic carbocycles. The number of anilines is 1. The molecule has 6 nitrogen and oxygen atoms in total. The third-order valence-corrected chi connectivity index (χ3v) is 3.29. The van der Waals surface area contributed by atoms with Gasteiger partial charge >= 0.3 is 0 Å². The fraction of sp³-hybridized carbons (Fsp3) is 0.0769. The van der Waals surface area contributed by atoms with Gasteiger partial charge in [-0.2, -0.15) is 0 Å². The van der Waals surface area contributed by atoms with Crippen molar-refractivity contribution in [2.45, 2.75) is 6.61 Å². The van der Waals surface area contributed by atoms with Crippen LogP contribution in [0.25, 0.3) is 0 Å². The summed E-state index contributed by atoms with van der Waals surface area (Å²) in [5, 5.41) is 10.8. The Morgan fingerprint density at radius 3 is 2.75 bits per heavy atom. The van der Waals surface area contributed by atoms with Crippen LogP contribution in [0, 0.1) is 13.7 Å². The number of nitrogens with zero attached hydrogens (tertiary/aromatic N) is 1. The Balaban J connectivity index is 2.12. The van der Waals surface area contributed by atoms with Crippen LogP contribution in [-0.2, 0) is 6.61 Å². The molecule has 0 saturated heterocycles. The predicted octanol–water partition coefficient (Wildman–Crippen LogP) is 3.06. The quantitative estimate of drug-likeness (QED) is 0.357. The SMILES string of the molecule is NNc1cc(COc2cccc(I)c2)ccc1[N+](=O)[O-]. The maximum absolute atomic E-state index is 10.8. The second-order valence-electron chi connectivity index (χ2n) is 4.00. The number of nitro groups is 1. The number of nitrogens with two attached hydrogens (primary N) is 1. The fourth-order valence-electron chi connectivity index (χ4n) is 1.67. The van der Waals surface area contributed by atoms with E-state index in [1.54, 1.807) is 12.1 Å². The average molecular weight is 385 g/mol. The highest BCUT2D eigenvalue weighted by Gasteiger charge is 2.13. The van der Waals surface area contributed by atoms with Crippen molar-refractivity contribution in [2.24, 2.45) is 5.84 Å². The molecular formula is C13H12IN3O3. The molecule has 0 aliphatic heterocycles. The molecule has 20 heavy (non-hydrogen) atoms. The summed E-state index contributed by atoms with van der Waals surface area (Å²) < 4.78 is 6.71. The smallest absolute Gasteiger partial charge is 0.293 e. The number of nitrogens with one attached hydrogen (secondary N) is 1. The van der Waals surface area contributed by atoms with Crippen molar-refractivity contribution in [2.75, 3.05) is 5.43 Å². The molecule has 2 rings (SSSR count). The third kappa shape index (κ3) is 3.58. The molecule has 3 N–H and O–H groups in total. The lowest BCUT2D eigenvalue weighted by molar-refractivity contribution is -0.384. The molecule has 0 aliphatic rings. The number of hydrazine groups is 1. The van der Waals surface area contributed by atoms with Crippen LogP contribution in [0.4, 0.5) is 11.4 Å². The number of hydrogen-bond acceptors (Lipinski definition) is 5. The summed E-state index contributed by atoms with van der Waals surface area (Å²) in [6.07, 6.45) is 0. The van der Waals surface area contributed by atoms with Crippen LogP contribution in [0.3, 0.4) is 0 Å². The number of nitrogen functional groups attached to an aromatic ring is 1. The molecule has 0 radical (unpaired) electrons. The first-order valence-corrected chi connectivity index (χ1v) is 6.80. The Morgan fingerprint density at radius 1 is 1.30 bits per heavy atom. The minimum Gasteiger partial charge on any atom is -0.489 e. The van der Waals surface area contributed by atoms with Gasteiger partial charge in [0.2, 0.25) is 0 Å². The standard InChI is InChI=1S/C13H12IN3O3/c14-10-2-1-3-11(7-10)20-8-9-4-5-13(17(18)19)12(6-9)16-15/h1-7,16H,8,15H2. The molecule has 104 valence electrons. The molecule has 0 bridgehead atoms. The van der Waals surface area contributed by atoms with Crippen LogP contribution in [-0.4, -0.2) is 4.92 Å². The third-order valence-electron chi connectivity index (χ3n) is 2.61. The highest BCUT2D eigenvalue weighted by atomic mass is 127. The largest absolute Gasteiger partial charge is 0.489 e. The summed E-state index contributed by atoms with van der Waals surface area (Å²) in [6.45, 7) is 0.312. The molecular weight excluding hydrogens is 373 g/mol. The molecule has 0 atom stereocenters. The van der Waals surface area contributed by atoms with Gasteiger partial charge in [0, 0.05) is 9.64 Å². The first kappa shape index (κ1) is 14.5. The summed E-state index contributed by atoms with van der Waals surface area (Å²) >= 11 is 2.20. The van der Waals surface area contributed by atoms with Gasteiger partial charge in [0.15, 0.2) is 0 Å². The van der Waals surface area contributed by atoms with E-state index in [1.165, 1.54) is 6.07 Å². The minimum absolute atomic E-state index is 0.0643. The molecule has 7 heteroatoms. The van der Waals surface area contributed by atoms with E-state index >= 15 is 0 Å². The molecule has 2 aromatic rings. The molecule has 0 aromatic heterocycles. The summed E-state index contributed by atoms with van der Waals surface area (Å²) in [5.74, 6) is 6.04. The lowest BCUT2D eigenvalue weighted by atomic mass is 10.2. The van der Waals surface area contributed by atoms with Crippen molar-refractivity contribution in [1.82, 2.24) is 0 Å². The Bertz CT molecular complexity index is 634. The maximum Gasteiger partial charge on any atom is 0.293 e. The van der Waals surface area contributed by atoms with E-state index in [2.05, 4.69) is 28.0 Å². The van der Waals surface area contributed by atoms with E-state index in [1.807, 2.05) is 24.3 Å². The Morgan fingerprint density at radius 2 is 2.10 bits per heavy atom. The van der Waals surface area contributed by atoms with Gasteiger partial charge < -0.3 is 10.2 Å². The van der Waals surface area contributed by atoms with E-state index < -0.39 is 4.92 Å². The van der Waals surface area contributed by atoms with Crippen molar-refractivity contribution < 1.29 is 9.66 Å². The molecule has 0 spiro atoms. The zero-order valence-electron chi connectivity index (χ0n) is 10.4. The van der Waals surface area contributed by atoms with Gasteiger partial charge in [-0.15, -0.1) is 0 Å². The van der Waals surface area contributed by atoms with E-state index in [0.717, 1.165) is 14.9 Å². The minimum atomic E-state index is -0.487. The predicted molar refractivity (Wildman–Crippen MR) is 84.4 cm³/mol. The highest BCUT2D eigenvalue weighted by molar-refractivity contribution is 14.1. The second-order valence-corrected chi connectivity index (χ2v) is 5.24. The Hall–Kier alpha value is -1.87. The fourth-order valence-corrected chi connectivity index (χ4v) is 2.19. The van der Waals surface area contributed by atoms with Crippen LogP contribution in [0.15, 0.2) is 42.5 Å². The van der Waals surface area contributed by atoms with Crippen molar-refractivity contribution >= 4 is 34.0 Å². The van der Waals surface area contributed by atoms with Gasteiger partial charge in [-0.3, -0.25) is 16.0 Å². The summed E-state index contributed by atoms with van der Waals surface area (Å²) in [7, 11) is 0. The number of nitro benzene ring substituents is 1. The number of halogens is 1. The van der Waals surface area contributed by atoms with E-state index in [-0.39, 0.29) is 11.4 Å². The number of hydrogen-bond donors (Lipinski definition) is 2. The van der Waals surface area contributed by atoms with Crippen molar-refractivity contribution in [3.05, 3.63) is 61.7 Å². The van der Waals surface area contributed by atoms with Crippen molar-refractivity contribution in [3.8, 4) is 5.75 Å². The maximum atomic E-state index is 10.8. The van der Waals surface area contributed by atoms with Crippen LogP contribution in [0.5, 0.6) is 5.75 Å². The van der Waals surface area contributed by atoms with Crippen molar-refractivity contribution in [1.29, 1.82) is 0 Å². The first-order chi connectivity index (χ1) is 9.60. The Kier molecular flexibility index (Phi) is 4.74. The molecule has 0 fully saturated rings. The van der Waals surface area contributed by atoms with Crippen LogP contribution in [0.2, 0.25) is 0 Å². The van der Waals surface area contributed by atoms with Gasteiger partial charge in [0.1, 0.15) is 18.0 Å². The molecule has 0 heterocycles. The monoisotopic (exact) mass is 385 g/mol. The zero-order valence-corrected chi connectivity index (χ0v) is 12.5. The lowest BCUT2D eigenvalue weighted by Gasteiger charge is -2.08. The second kappa shape index (κ2) is 6.53. The Labute approximate surface area is 129 Å². The van der Waals surface area contributed by atoms with Crippen LogP contribution < -0.4 is 16.0 Å². The molecule has 0 unspecified atom stereocenters. The van der Waals surface area contributed by atoms with Gasteiger partial charge in [-0.05, 0) is 58.5 Å². The average Bonchev–Trinajstić information content (AvgIpc) is 2.44. The normalized spacial score (nSPS) is 10.1. The van der Waals surface area contributed by atoms with Crippen LogP contribution >= 0.6 is 22.6 Å². The van der Waals surface area contributed by atoms with E-state index in [9.17, 15) is 10.1 Å². The zero-order chi connectivity index (χ0) is 14.5. The summed E-state index contributed by atoms with van der Waals surface area (Å²) in [5.41, 5.74) is 3.32. The number of benzene rings is 2. The van der Waals surface area contributed by atoms with E-state index in [4.69, 9.17) is 10.6 Å². The van der Waals surface area contributed by atoms with Crippen molar-refractivity contribution in [3.63, 3.8) is 0 Å². The number of rotatable bonds is 5. The van der Waals surface area contributed by atoms with Gasteiger partial charge in [-0.25, -0.2) is 0 Å². The summed E-state index contributed by atoms with van der Waals surface area (Å²) in [6, 6.07) is 12.3. The highest BCUT2D eigenvalue weighted by Crippen LogP contribution is 2.25. The lowest BCUT2D eigenvalue weighted by Crippen LogP contribution is -2.09. The molecule has 0 aliphatic carbocycles. The topological polar surface area (TPSA) is 90.4 Å². The van der Waals surface area contributed by atoms with Gasteiger partial charge in [0.05, 0.1) is 4.92 Å². The first-order valence-electron chi connectivity index (χ1n) is 5.72. The van der Waals surface area contributed by atoms with E-state index in [0.29, 0.717) is 6.61 Å².